The molecule has 1 aromatic heterocycles. The largest absolute Gasteiger partial charge is 0.342 e. The molecule has 6 nitrogen and oxygen atoms in total. The molecule has 17 heavy (non-hydrogen) atoms. The third kappa shape index (κ3) is 2.07. The van der Waals surface area contributed by atoms with Crippen LogP contribution in [0.2, 0.25) is 0 Å². The first-order valence-corrected chi connectivity index (χ1v) is 5.90. The second-order valence-corrected chi connectivity index (χ2v) is 4.87. The number of hydrogen-bond acceptors (Lipinski definition) is 4. The molecular weight excluding hydrogens is 220 g/mol. The minimum atomic E-state index is 0.309. The van der Waals surface area contributed by atoms with Gasteiger partial charge in [0.2, 0.25) is 5.91 Å². The first kappa shape index (κ1) is 10.4. The van der Waals surface area contributed by atoms with Gasteiger partial charge in [-0.2, -0.15) is 0 Å². The maximum Gasteiger partial charge on any atom is 0.225 e. The fraction of sp³-hybridized carbons (Fsp3) is 0.636. The minimum absolute atomic E-state index is 0.309. The molecule has 0 N–H and O–H groups in total. The van der Waals surface area contributed by atoms with Crippen molar-refractivity contribution >= 4 is 12.2 Å². The molecule has 1 saturated carbocycles. The fourth-order valence-corrected chi connectivity index (χ4v) is 2.17. The summed E-state index contributed by atoms with van der Waals surface area (Å²) in [5, 5.41) is 7.56. The zero-order chi connectivity index (χ0) is 11.8. The molecule has 0 bridgehead atoms. The van der Waals surface area contributed by atoms with Crippen LogP contribution in [0, 0.1) is 11.8 Å². The van der Waals surface area contributed by atoms with Crippen molar-refractivity contribution in [3.8, 4) is 0 Å². The van der Waals surface area contributed by atoms with Gasteiger partial charge in [0.05, 0.1) is 6.20 Å². The van der Waals surface area contributed by atoms with Crippen LogP contribution in [-0.2, 0) is 11.3 Å². The van der Waals surface area contributed by atoms with Crippen LogP contribution in [0.1, 0.15) is 23.3 Å². The van der Waals surface area contributed by atoms with Gasteiger partial charge in [0, 0.05) is 31.5 Å². The molecule has 0 radical (unpaired) electrons. The van der Waals surface area contributed by atoms with Crippen molar-refractivity contribution in [1.29, 1.82) is 0 Å². The third-order valence-corrected chi connectivity index (χ3v) is 3.32. The van der Waals surface area contributed by atoms with E-state index in [9.17, 15) is 9.59 Å². The van der Waals surface area contributed by atoms with Gasteiger partial charge >= 0.3 is 0 Å². The summed E-state index contributed by atoms with van der Waals surface area (Å²) in [5.74, 6) is 1.07. The van der Waals surface area contributed by atoms with E-state index in [1.54, 1.807) is 10.9 Å². The molecule has 90 valence electrons. The van der Waals surface area contributed by atoms with Crippen LogP contribution in [-0.4, -0.2) is 45.2 Å². The topological polar surface area (TPSA) is 68.1 Å². The summed E-state index contributed by atoms with van der Waals surface area (Å²) in [6, 6.07) is 0. The van der Waals surface area contributed by atoms with Gasteiger partial charge in [0.1, 0.15) is 5.69 Å². The Balaban J connectivity index is 1.49. The smallest absolute Gasteiger partial charge is 0.225 e. The molecule has 0 spiro atoms. The zero-order valence-electron chi connectivity index (χ0n) is 9.45. The molecule has 3 rings (SSSR count). The Labute approximate surface area is 98.6 Å². The molecule has 1 amide bonds. The van der Waals surface area contributed by atoms with Gasteiger partial charge < -0.3 is 4.90 Å². The van der Waals surface area contributed by atoms with Crippen molar-refractivity contribution in [1.82, 2.24) is 19.9 Å². The van der Waals surface area contributed by atoms with Crippen molar-refractivity contribution in [3.05, 3.63) is 11.9 Å². The first-order valence-electron chi connectivity index (χ1n) is 5.90. The van der Waals surface area contributed by atoms with E-state index < -0.39 is 0 Å². The fourth-order valence-electron chi connectivity index (χ4n) is 2.17. The van der Waals surface area contributed by atoms with Crippen LogP contribution in [0.25, 0.3) is 0 Å². The molecule has 2 aliphatic rings. The van der Waals surface area contributed by atoms with Crippen molar-refractivity contribution in [2.75, 3.05) is 13.1 Å². The Bertz CT molecular complexity index is 446. The normalized spacial score (nSPS) is 20.1. The molecule has 1 aromatic rings. The van der Waals surface area contributed by atoms with Gasteiger partial charge in [0.25, 0.3) is 0 Å². The van der Waals surface area contributed by atoms with Crippen molar-refractivity contribution < 1.29 is 9.59 Å². The van der Waals surface area contributed by atoms with Crippen LogP contribution in [0.5, 0.6) is 0 Å². The van der Waals surface area contributed by atoms with Crippen LogP contribution >= 0.6 is 0 Å². The van der Waals surface area contributed by atoms with Crippen LogP contribution in [0.3, 0.4) is 0 Å². The SMILES string of the molecule is O=Cc1cn(CC2CN(C(=O)C3CC3)C2)nn1. The molecule has 0 atom stereocenters. The average molecular weight is 234 g/mol. The predicted octanol–water partition coefficient (Wildman–Crippen LogP) is -0.0410. The lowest BCUT2D eigenvalue weighted by Crippen LogP contribution is -2.52. The summed E-state index contributed by atoms with van der Waals surface area (Å²) in [7, 11) is 0. The van der Waals surface area contributed by atoms with E-state index in [0.29, 0.717) is 29.7 Å². The molecule has 0 aromatic carbocycles. The van der Waals surface area contributed by atoms with Crippen molar-refractivity contribution in [2.24, 2.45) is 11.8 Å². The van der Waals surface area contributed by atoms with Crippen LogP contribution in [0.4, 0.5) is 0 Å². The number of rotatable bonds is 4. The van der Waals surface area contributed by atoms with Crippen LogP contribution < -0.4 is 0 Å². The number of nitrogens with zero attached hydrogens (tertiary/aromatic N) is 4. The van der Waals surface area contributed by atoms with Crippen LogP contribution in [0.15, 0.2) is 6.20 Å². The number of likely N-dealkylation sites (tertiary alicyclic amines) is 1. The second kappa shape index (κ2) is 3.94. The average Bonchev–Trinajstić information content (AvgIpc) is 3.02. The number of carbonyl (C=O) groups is 2. The molecule has 0 unspecified atom stereocenters. The quantitative estimate of drug-likeness (QED) is 0.685. The van der Waals surface area contributed by atoms with Gasteiger partial charge in [0.15, 0.2) is 6.29 Å². The van der Waals surface area contributed by atoms with Gasteiger partial charge in [-0.15, -0.1) is 5.10 Å². The lowest BCUT2D eigenvalue weighted by Gasteiger charge is -2.39. The Morgan fingerprint density at radius 1 is 1.47 bits per heavy atom. The summed E-state index contributed by atoms with van der Waals surface area (Å²) >= 11 is 0. The van der Waals surface area contributed by atoms with E-state index in [4.69, 9.17) is 0 Å². The van der Waals surface area contributed by atoms with E-state index in [1.165, 1.54) is 0 Å². The van der Waals surface area contributed by atoms with E-state index in [1.807, 2.05) is 4.90 Å². The highest BCUT2D eigenvalue weighted by Gasteiger charge is 2.39. The highest BCUT2D eigenvalue weighted by atomic mass is 16.2. The first-order chi connectivity index (χ1) is 8.26. The van der Waals surface area contributed by atoms with Gasteiger partial charge in [-0.1, -0.05) is 5.21 Å². The van der Waals surface area contributed by atoms with Crippen molar-refractivity contribution in [2.45, 2.75) is 19.4 Å². The molecule has 2 heterocycles. The Hall–Kier alpha value is -1.72. The van der Waals surface area contributed by atoms with Gasteiger partial charge in [-0.05, 0) is 12.8 Å². The van der Waals surface area contributed by atoms with E-state index in [2.05, 4.69) is 10.3 Å². The standard InChI is InChI=1S/C11H14N4O2/c16-7-10-6-15(13-12-10)5-8-3-14(4-8)11(17)9-1-2-9/h6-9H,1-5H2. The summed E-state index contributed by atoms with van der Waals surface area (Å²) in [6.07, 6.45) is 4.45. The Morgan fingerprint density at radius 3 is 2.82 bits per heavy atom. The maximum absolute atomic E-state index is 11.7. The van der Waals surface area contributed by atoms with Crippen molar-refractivity contribution in [3.63, 3.8) is 0 Å². The Morgan fingerprint density at radius 2 is 2.24 bits per heavy atom. The highest BCUT2D eigenvalue weighted by molar-refractivity contribution is 5.81. The number of aldehydes is 1. The zero-order valence-corrected chi connectivity index (χ0v) is 9.45. The molecule has 6 heteroatoms. The molecular formula is C11H14N4O2. The number of amides is 1. The van der Waals surface area contributed by atoms with Gasteiger partial charge in [-0.25, -0.2) is 0 Å². The lowest BCUT2D eigenvalue weighted by molar-refractivity contribution is -0.139. The Kier molecular flexibility index (Phi) is 2.42. The second-order valence-electron chi connectivity index (χ2n) is 4.87. The summed E-state index contributed by atoms with van der Waals surface area (Å²) in [4.78, 5) is 24.0. The molecule has 1 aliphatic heterocycles. The summed E-state index contributed by atoms with van der Waals surface area (Å²) < 4.78 is 1.67. The maximum atomic E-state index is 11.7. The highest BCUT2D eigenvalue weighted by Crippen LogP contribution is 2.33. The predicted molar refractivity (Wildman–Crippen MR) is 58.2 cm³/mol. The number of hydrogen-bond donors (Lipinski definition) is 0. The lowest BCUT2D eigenvalue weighted by atomic mass is 9.99. The van der Waals surface area contributed by atoms with Gasteiger partial charge in [-0.3, -0.25) is 14.3 Å². The monoisotopic (exact) mass is 234 g/mol. The molecule has 1 aliphatic carbocycles. The van der Waals surface area contributed by atoms with E-state index in [0.717, 1.165) is 32.5 Å². The van der Waals surface area contributed by atoms with E-state index >= 15 is 0 Å². The molecule has 2 fully saturated rings. The minimum Gasteiger partial charge on any atom is -0.342 e. The number of carbonyl (C=O) groups excluding carboxylic acids is 2. The summed E-state index contributed by atoms with van der Waals surface area (Å²) in [5.41, 5.74) is 0.357. The van der Waals surface area contributed by atoms with E-state index in [-0.39, 0.29) is 0 Å². The number of aromatic nitrogens is 3. The third-order valence-electron chi connectivity index (χ3n) is 3.32. The molecule has 1 saturated heterocycles. The summed E-state index contributed by atoms with van der Waals surface area (Å²) in [6.45, 7) is 2.35.